The van der Waals surface area contributed by atoms with Crippen molar-refractivity contribution in [3.8, 4) is 5.75 Å². The molecule has 0 radical (unpaired) electrons. The number of hydrogen-bond donors (Lipinski definition) is 1. The molecule has 1 aromatic rings. The molecule has 17 heavy (non-hydrogen) atoms. The van der Waals surface area contributed by atoms with Crippen molar-refractivity contribution in [2.45, 2.75) is 25.8 Å². The number of benzene rings is 1. The molecule has 2 rings (SSSR count). The number of nitrogens with one attached hydrogen (secondary N) is 1. The van der Waals surface area contributed by atoms with E-state index in [1.165, 1.54) is 19.3 Å². The first-order valence-electron chi connectivity index (χ1n) is 5.96. The van der Waals surface area contributed by atoms with Crippen LogP contribution in [0.4, 0.5) is 0 Å². The average Bonchev–Trinajstić information content (AvgIpc) is 2.27. The highest BCUT2D eigenvalue weighted by molar-refractivity contribution is 9.10. The fourth-order valence-corrected chi connectivity index (χ4v) is 2.33. The van der Waals surface area contributed by atoms with Crippen LogP contribution in [-0.2, 0) is 11.4 Å². The molecule has 0 amide bonds. The van der Waals surface area contributed by atoms with E-state index in [4.69, 9.17) is 9.57 Å². The quantitative estimate of drug-likeness (QED) is 0.818. The fourth-order valence-electron chi connectivity index (χ4n) is 1.79. The normalized spacial score (nSPS) is 15.6. The minimum absolute atomic E-state index is 0.692. The molecule has 0 saturated heterocycles. The van der Waals surface area contributed by atoms with Crippen LogP contribution >= 0.6 is 15.9 Å². The SMILES string of the molecule is CONCc1ccc(OCC2CCC2)c(Br)c1. The number of ether oxygens (including phenoxy) is 1. The van der Waals surface area contributed by atoms with Gasteiger partial charge in [0.1, 0.15) is 5.75 Å². The number of rotatable bonds is 6. The highest BCUT2D eigenvalue weighted by Gasteiger charge is 2.18. The van der Waals surface area contributed by atoms with Crippen molar-refractivity contribution in [2.24, 2.45) is 5.92 Å². The van der Waals surface area contributed by atoms with E-state index in [0.29, 0.717) is 6.54 Å². The van der Waals surface area contributed by atoms with Gasteiger partial charge >= 0.3 is 0 Å². The van der Waals surface area contributed by atoms with E-state index in [1.807, 2.05) is 12.1 Å². The van der Waals surface area contributed by atoms with E-state index in [0.717, 1.165) is 28.3 Å². The molecule has 3 nitrogen and oxygen atoms in total. The van der Waals surface area contributed by atoms with Crippen molar-refractivity contribution in [1.82, 2.24) is 5.48 Å². The Hall–Kier alpha value is -0.580. The Morgan fingerprint density at radius 3 is 2.82 bits per heavy atom. The highest BCUT2D eigenvalue weighted by atomic mass is 79.9. The van der Waals surface area contributed by atoms with Crippen LogP contribution in [-0.4, -0.2) is 13.7 Å². The Morgan fingerprint density at radius 1 is 1.41 bits per heavy atom. The first-order valence-corrected chi connectivity index (χ1v) is 6.76. The van der Waals surface area contributed by atoms with Crippen molar-refractivity contribution in [3.63, 3.8) is 0 Å². The maximum Gasteiger partial charge on any atom is 0.133 e. The lowest BCUT2D eigenvalue weighted by atomic mass is 9.86. The zero-order chi connectivity index (χ0) is 12.1. The minimum Gasteiger partial charge on any atom is -0.492 e. The molecular formula is C13H18BrNO2. The Balaban J connectivity index is 1.88. The van der Waals surface area contributed by atoms with Crippen molar-refractivity contribution in [1.29, 1.82) is 0 Å². The molecule has 1 aliphatic carbocycles. The molecule has 0 spiro atoms. The Bertz CT molecular complexity index is 366. The predicted octanol–water partition coefficient (Wildman–Crippen LogP) is 3.28. The van der Waals surface area contributed by atoms with E-state index in [-0.39, 0.29) is 0 Å². The third-order valence-electron chi connectivity index (χ3n) is 3.12. The Kier molecular flexibility index (Phi) is 4.83. The molecule has 1 saturated carbocycles. The Morgan fingerprint density at radius 2 is 2.24 bits per heavy atom. The van der Waals surface area contributed by atoms with Crippen LogP contribution in [0.5, 0.6) is 5.75 Å². The predicted molar refractivity (Wildman–Crippen MR) is 70.8 cm³/mol. The molecule has 0 heterocycles. The van der Waals surface area contributed by atoms with Gasteiger partial charge in [-0.15, -0.1) is 0 Å². The molecule has 1 N–H and O–H groups in total. The van der Waals surface area contributed by atoms with Gasteiger partial charge in [-0.2, -0.15) is 5.48 Å². The maximum atomic E-state index is 5.80. The summed E-state index contributed by atoms with van der Waals surface area (Å²) in [5.74, 6) is 1.69. The van der Waals surface area contributed by atoms with Gasteiger partial charge in [0.05, 0.1) is 18.2 Å². The van der Waals surface area contributed by atoms with Gasteiger partial charge in [0.25, 0.3) is 0 Å². The molecule has 0 aromatic heterocycles. The average molecular weight is 300 g/mol. The summed E-state index contributed by atoms with van der Waals surface area (Å²) in [5.41, 5.74) is 3.98. The number of hydrogen-bond acceptors (Lipinski definition) is 3. The van der Waals surface area contributed by atoms with Crippen molar-refractivity contribution < 1.29 is 9.57 Å². The van der Waals surface area contributed by atoms with Gasteiger partial charge < -0.3 is 9.57 Å². The van der Waals surface area contributed by atoms with E-state index < -0.39 is 0 Å². The first kappa shape index (κ1) is 12.9. The monoisotopic (exact) mass is 299 g/mol. The van der Waals surface area contributed by atoms with Gasteiger partial charge in [-0.05, 0) is 52.4 Å². The standard InChI is InChI=1S/C13H18BrNO2/c1-16-15-8-11-5-6-13(12(14)7-11)17-9-10-3-2-4-10/h5-7,10,15H,2-4,8-9H2,1H3. The van der Waals surface area contributed by atoms with Crippen LogP contribution in [0.15, 0.2) is 22.7 Å². The lowest BCUT2D eigenvalue weighted by Gasteiger charge is -2.25. The molecular weight excluding hydrogens is 282 g/mol. The molecule has 0 bridgehead atoms. The topological polar surface area (TPSA) is 30.5 Å². The summed E-state index contributed by atoms with van der Waals surface area (Å²) in [6.45, 7) is 1.53. The lowest BCUT2D eigenvalue weighted by molar-refractivity contribution is 0.0867. The zero-order valence-corrected chi connectivity index (χ0v) is 11.6. The van der Waals surface area contributed by atoms with Gasteiger partial charge in [-0.25, -0.2) is 0 Å². The van der Waals surface area contributed by atoms with Crippen LogP contribution in [0, 0.1) is 5.92 Å². The van der Waals surface area contributed by atoms with Crippen LogP contribution in [0.25, 0.3) is 0 Å². The van der Waals surface area contributed by atoms with Gasteiger partial charge in [0.15, 0.2) is 0 Å². The second-order valence-electron chi connectivity index (χ2n) is 4.40. The molecule has 1 fully saturated rings. The van der Waals surface area contributed by atoms with Crippen LogP contribution in [0.3, 0.4) is 0 Å². The summed E-state index contributed by atoms with van der Waals surface area (Å²) in [5, 5.41) is 0. The van der Waals surface area contributed by atoms with Gasteiger partial charge in [-0.1, -0.05) is 12.5 Å². The van der Waals surface area contributed by atoms with Gasteiger partial charge in [0.2, 0.25) is 0 Å². The third kappa shape index (κ3) is 3.69. The van der Waals surface area contributed by atoms with Crippen LogP contribution in [0.1, 0.15) is 24.8 Å². The van der Waals surface area contributed by atoms with Crippen molar-refractivity contribution >= 4 is 15.9 Å². The number of halogens is 1. The second kappa shape index (κ2) is 6.38. The molecule has 0 aliphatic heterocycles. The highest BCUT2D eigenvalue weighted by Crippen LogP contribution is 2.30. The summed E-state index contributed by atoms with van der Waals surface area (Å²) in [6.07, 6.45) is 3.98. The molecule has 0 atom stereocenters. The molecule has 4 heteroatoms. The van der Waals surface area contributed by atoms with Gasteiger partial charge in [0, 0.05) is 6.54 Å². The van der Waals surface area contributed by atoms with E-state index in [2.05, 4.69) is 27.5 Å². The lowest BCUT2D eigenvalue weighted by Crippen LogP contribution is -2.19. The van der Waals surface area contributed by atoms with Crippen LogP contribution < -0.4 is 10.2 Å². The summed E-state index contributed by atoms with van der Waals surface area (Å²) < 4.78 is 6.81. The Labute approximate surface area is 111 Å². The summed E-state index contributed by atoms with van der Waals surface area (Å²) in [4.78, 5) is 4.82. The van der Waals surface area contributed by atoms with Crippen molar-refractivity contribution in [3.05, 3.63) is 28.2 Å². The van der Waals surface area contributed by atoms with E-state index in [1.54, 1.807) is 7.11 Å². The summed E-state index contributed by atoms with van der Waals surface area (Å²) in [7, 11) is 1.62. The zero-order valence-electron chi connectivity index (χ0n) is 10.0. The second-order valence-corrected chi connectivity index (χ2v) is 5.25. The largest absolute Gasteiger partial charge is 0.492 e. The molecule has 1 aliphatic rings. The molecule has 1 aromatic carbocycles. The van der Waals surface area contributed by atoms with Crippen LogP contribution in [0.2, 0.25) is 0 Å². The third-order valence-corrected chi connectivity index (χ3v) is 3.74. The molecule has 94 valence electrons. The summed E-state index contributed by atoms with van der Waals surface area (Å²) in [6, 6.07) is 6.12. The van der Waals surface area contributed by atoms with E-state index in [9.17, 15) is 0 Å². The minimum atomic E-state index is 0.692. The smallest absolute Gasteiger partial charge is 0.133 e. The van der Waals surface area contributed by atoms with Gasteiger partial charge in [-0.3, -0.25) is 0 Å². The van der Waals surface area contributed by atoms with E-state index >= 15 is 0 Å². The maximum absolute atomic E-state index is 5.80. The number of hydroxylamine groups is 1. The van der Waals surface area contributed by atoms with Crippen molar-refractivity contribution in [2.75, 3.05) is 13.7 Å². The fraction of sp³-hybridized carbons (Fsp3) is 0.538. The summed E-state index contributed by atoms with van der Waals surface area (Å²) >= 11 is 3.54. The first-order chi connectivity index (χ1) is 8.29. The molecule has 0 unspecified atom stereocenters.